The molecule has 3 rings (SSSR count). The quantitative estimate of drug-likeness (QED) is 0.345. The van der Waals surface area contributed by atoms with Crippen LogP contribution in [0.2, 0.25) is 0 Å². The molecule has 0 aromatic carbocycles. The number of furan rings is 1. The minimum atomic E-state index is 0. The summed E-state index contributed by atoms with van der Waals surface area (Å²) in [7, 11) is 1.83. The van der Waals surface area contributed by atoms with Crippen molar-refractivity contribution in [2.24, 2.45) is 4.99 Å². The Morgan fingerprint density at radius 1 is 1.15 bits per heavy atom. The van der Waals surface area contributed by atoms with Gasteiger partial charge in [-0.1, -0.05) is 0 Å². The summed E-state index contributed by atoms with van der Waals surface area (Å²) in [5.74, 6) is 2.86. The first-order valence-electron chi connectivity index (χ1n) is 9.81. The fourth-order valence-corrected chi connectivity index (χ4v) is 3.67. The zero-order valence-corrected chi connectivity index (χ0v) is 18.9. The Morgan fingerprint density at radius 2 is 1.89 bits per heavy atom. The minimum absolute atomic E-state index is 0. The van der Waals surface area contributed by atoms with Crippen molar-refractivity contribution in [2.75, 3.05) is 66.1 Å². The second-order valence-corrected chi connectivity index (χ2v) is 7.04. The van der Waals surface area contributed by atoms with Gasteiger partial charge in [-0.05, 0) is 45.0 Å². The fourth-order valence-electron chi connectivity index (χ4n) is 3.67. The molecule has 154 valence electrons. The second kappa shape index (κ2) is 11.9. The predicted molar refractivity (Wildman–Crippen MR) is 119 cm³/mol. The first kappa shape index (κ1) is 22.4. The van der Waals surface area contributed by atoms with E-state index in [0.29, 0.717) is 0 Å². The van der Waals surface area contributed by atoms with Crippen LogP contribution in [0.15, 0.2) is 21.5 Å². The maximum atomic E-state index is 5.92. The first-order valence-corrected chi connectivity index (χ1v) is 9.81. The van der Waals surface area contributed by atoms with Gasteiger partial charge in [-0.2, -0.15) is 0 Å². The van der Waals surface area contributed by atoms with Gasteiger partial charge in [0.15, 0.2) is 5.96 Å². The van der Waals surface area contributed by atoms with Crippen LogP contribution >= 0.6 is 24.0 Å². The molecule has 0 bridgehead atoms. The molecule has 1 aromatic heterocycles. The Morgan fingerprint density at radius 3 is 2.52 bits per heavy atom. The number of halogens is 1. The van der Waals surface area contributed by atoms with Crippen LogP contribution in [0.1, 0.15) is 30.4 Å². The lowest BCUT2D eigenvalue weighted by Crippen LogP contribution is -2.46. The molecule has 0 radical (unpaired) electrons. The summed E-state index contributed by atoms with van der Waals surface area (Å²) in [6, 6.07) is 4.41. The molecule has 2 fully saturated rings. The van der Waals surface area contributed by atoms with E-state index in [0.717, 1.165) is 76.5 Å². The summed E-state index contributed by atoms with van der Waals surface area (Å²) in [5, 5.41) is 6.91. The van der Waals surface area contributed by atoms with E-state index in [9.17, 15) is 0 Å². The second-order valence-electron chi connectivity index (χ2n) is 7.04. The van der Waals surface area contributed by atoms with E-state index in [1.54, 1.807) is 0 Å². The number of aliphatic imine (C=N–C) groups is 1. The molecular formula is C19H34IN5O2. The molecule has 2 N–H and O–H groups in total. The molecule has 2 aliphatic heterocycles. The Kier molecular flexibility index (Phi) is 9.88. The number of hydrogen-bond acceptors (Lipinski definition) is 5. The van der Waals surface area contributed by atoms with Gasteiger partial charge in [0, 0.05) is 39.8 Å². The molecule has 3 heterocycles. The summed E-state index contributed by atoms with van der Waals surface area (Å²) in [4.78, 5) is 9.30. The third-order valence-corrected chi connectivity index (χ3v) is 5.18. The van der Waals surface area contributed by atoms with Crippen molar-refractivity contribution in [2.45, 2.75) is 25.8 Å². The van der Waals surface area contributed by atoms with E-state index in [-0.39, 0.29) is 30.0 Å². The van der Waals surface area contributed by atoms with Crippen LogP contribution in [-0.4, -0.2) is 81.8 Å². The topological polar surface area (TPSA) is 65.3 Å². The molecule has 1 aromatic rings. The van der Waals surface area contributed by atoms with Crippen LogP contribution in [0.25, 0.3) is 0 Å². The van der Waals surface area contributed by atoms with E-state index in [2.05, 4.69) is 31.5 Å². The monoisotopic (exact) mass is 491 g/mol. The standard InChI is InChI=1S/C19H33N5O2.HI/c1-16-5-6-18(26-16)17(24-8-3-4-9-24)15-22-19(20-2)21-7-10-23-11-13-25-14-12-23;/h5-6,17H,3-4,7-15H2,1-2H3,(H2,20,21,22);1H. The lowest BCUT2D eigenvalue weighted by Gasteiger charge is -2.28. The van der Waals surface area contributed by atoms with Gasteiger partial charge in [0.1, 0.15) is 11.5 Å². The molecule has 27 heavy (non-hydrogen) atoms. The van der Waals surface area contributed by atoms with Gasteiger partial charge < -0.3 is 19.8 Å². The van der Waals surface area contributed by atoms with Crippen LogP contribution in [0, 0.1) is 6.92 Å². The van der Waals surface area contributed by atoms with Crippen LogP contribution in [0.5, 0.6) is 0 Å². The Balaban J connectivity index is 0.00000261. The van der Waals surface area contributed by atoms with Crippen LogP contribution in [0.3, 0.4) is 0 Å². The maximum Gasteiger partial charge on any atom is 0.191 e. The number of aryl methyl sites for hydroxylation is 1. The molecule has 0 amide bonds. The third kappa shape index (κ3) is 6.92. The van der Waals surface area contributed by atoms with Crippen molar-refractivity contribution < 1.29 is 9.15 Å². The predicted octanol–water partition coefficient (Wildman–Crippen LogP) is 1.84. The molecular weight excluding hydrogens is 457 g/mol. The molecule has 0 aliphatic carbocycles. The SMILES string of the molecule is CN=C(NCCN1CCOCC1)NCC(c1ccc(C)o1)N1CCCC1.I. The third-order valence-electron chi connectivity index (χ3n) is 5.18. The van der Waals surface area contributed by atoms with E-state index < -0.39 is 0 Å². The summed E-state index contributed by atoms with van der Waals surface area (Å²) in [5.41, 5.74) is 0. The van der Waals surface area contributed by atoms with Crippen LogP contribution in [-0.2, 0) is 4.74 Å². The first-order chi connectivity index (χ1) is 12.8. The molecule has 7 nitrogen and oxygen atoms in total. The highest BCUT2D eigenvalue weighted by atomic mass is 127. The van der Waals surface area contributed by atoms with E-state index in [1.807, 2.05) is 20.0 Å². The summed E-state index contributed by atoms with van der Waals surface area (Å²) >= 11 is 0. The van der Waals surface area contributed by atoms with Gasteiger partial charge in [0.2, 0.25) is 0 Å². The number of hydrogen-bond donors (Lipinski definition) is 2. The van der Waals surface area contributed by atoms with Crippen molar-refractivity contribution in [3.63, 3.8) is 0 Å². The van der Waals surface area contributed by atoms with E-state index in [4.69, 9.17) is 9.15 Å². The number of morpholine rings is 1. The molecule has 2 saturated heterocycles. The maximum absolute atomic E-state index is 5.92. The summed E-state index contributed by atoms with van der Waals surface area (Å²) in [6.07, 6.45) is 2.53. The van der Waals surface area contributed by atoms with Crippen molar-refractivity contribution in [1.29, 1.82) is 0 Å². The highest BCUT2D eigenvalue weighted by Gasteiger charge is 2.26. The Hall–Kier alpha value is -0.840. The van der Waals surface area contributed by atoms with Crippen molar-refractivity contribution >= 4 is 29.9 Å². The normalized spacial score (nSPS) is 20.3. The average Bonchev–Trinajstić information content (AvgIpc) is 3.34. The smallest absolute Gasteiger partial charge is 0.191 e. The number of guanidine groups is 1. The highest BCUT2D eigenvalue weighted by molar-refractivity contribution is 14.0. The van der Waals surface area contributed by atoms with Gasteiger partial charge >= 0.3 is 0 Å². The summed E-state index contributed by atoms with van der Waals surface area (Å²) in [6.45, 7) is 10.7. The van der Waals surface area contributed by atoms with E-state index >= 15 is 0 Å². The number of nitrogens with zero attached hydrogens (tertiary/aromatic N) is 3. The Labute approximate surface area is 179 Å². The molecule has 1 unspecified atom stereocenters. The van der Waals surface area contributed by atoms with Crippen LogP contribution in [0.4, 0.5) is 0 Å². The number of ether oxygens (including phenoxy) is 1. The minimum Gasteiger partial charge on any atom is -0.465 e. The molecule has 0 saturated carbocycles. The van der Waals surface area contributed by atoms with Crippen LogP contribution < -0.4 is 10.6 Å². The fraction of sp³-hybridized carbons (Fsp3) is 0.737. The van der Waals surface area contributed by atoms with Gasteiger partial charge in [-0.3, -0.25) is 14.8 Å². The number of rotatable bonds is 7. The largest absolute Gasteiger partial charge is 0.465 e. The highest BCUT2D eigenvalue weighted by Crippen LogP contribution is 2.26. The van der Waals surface area contributed by atoms with Crippen molar-refractivity contribution in [1.82, 2.24) is 20.4 Å². The van der Waals surface area contributed by atoms with Crippen molar-refractivity contribution in [3.8, 4) is 0 Å². The zero-order chi connectivity index (χ0) is 18.2. The van der Waals surface area contributed by atoms with Gasteiger partial charge in [-0.15, -0.1) is 24.0 Å². The van der Waals surface area contributed by atoms with Gasteiger partial charge in [-0.25, -0.2) is 0 Å². The molecule has 2 aliphatic rings. The number of likely N-dealkylation sites (tertiary alicyclic amines) is 1. The molecule has 0 spiro atoms. The van der Waals surface area contributed by atoms with E-state index in [1.165, 1.54) is 12.8 Å². The Bertz CT molecular complexity index is 568. The van der Waals surface area contributed by atoms with Gasteiger partial charge in [0.05, 0.1) is 19.3 Å². The molecule has 8 heteroatoms. The van der Waals surface area contributed by atoms with Gasteiger partial charge in [0.25, 0.3) is 0 Å². The zero-order valence-electron chi connectivity index (χ0n) is 16.6. The average molecular weight is 491 g/mol. The lowest BCUT2D eigenvalue weighted by molar-refractivity contribution is 0.0389. The number of nitrogens with one attached hydrogen (secondary N) is 2. The summed E-state index contributed by atoms with van der Waals surface area (Å²) < 4.78 is 11.3. The van der Waals surface area contributed by atoms with Crippen molar-refractivity contribution in [3.05, 3.63) is 23.7 Å². The lowest BCUT2D eigenvalue weighted by atomic mass is 10.2. The molecule has 1 atom stereocenters.